The fourth-order valence-corrected chi connectivity index (χ4v) is 5.32. The number of hydrogen-bond donors (Lipinski definition) is 0. The third-order valence-corrected chi connectivity index (χ3v) is 6.89. The van der Waals surface area contributed by atoms with Crippen LogP contribution in [0.3, 0.4) is 0 Å². The Morgan fingerprint density at radius 2 is 1.75 bits per heavy atom. The van der Waals surface area contributed by atoms with Crippen LogP contribution in [0.15, 0.2) is 70.7 Å². The van der Waals surface area contributed by atoms with Gasteiger partial charge in [-0.1, -0.05) is 18.2 Å². The molecule has 2 aliphatic rings. The standard InChI is InChI=1S/C28H30N4O3S/c1-18(2)34-24-12-10-21(11-13-24)26-22(17-32(30-26)23-8-6-5-7-9-23)14-25-27(33)29-28(36-25)31-15-19(3)35-20(4)16-31/h5-14,17-20H,15-16H2,1-4H3/b25-14+/t19-,20-/m0/s1. The van der Waals surface area contributed by atoms with E-state index >= 15 is 0 Å². The van der Waals surface area contributed by atoms with Gasteiger partial charge in [-0.3, -0.25) is 4.79 Å². The minimum Gasteiger partial charge on any atom is -0.491 e. The summed E-state index contributed by atoms with van der Waals surface area (Å²) in [7, 11) is 0. The van der Waals surface area contributed by atoms with Gasteiger partial charge in [0.1, 0.15) is 5.75 Å². The molecule has 0 unspecified atom stereocenters. The van der Waals surface area contributed by atoms with Gasteiger partial charge < -0.3 is 14.4 Å². The van der Waals surface area contributed by atoms with Gasteiger partial charge in [0.2, 0.25) is 0 Å². The second kappa shape index (κ2) is 10.3. The number of thioether (sulfide) groups is 1. The molecule has 2 atom stereocenters. The van der Waals surface area contributed by atoms with Gasteiger partial charge in [0.15, 0.2) is 5.17 Å². The Morgan fingerprint density at radius 3 is 2.42 bits per heavy atom. The summed E-state index contributed by atoms with van der Waals surface area (Å²) in [5.74, 6) is 0.588. The van der Waals surface area contributed by atoms with Crippen LogP contribution < -0.4 is 4.74 Å². The third kappa shape index (κ3) is 5.39. The van der Waals surface area contributed by atoms with Gasteiger partial charge in [0.25, 0.3) is 5.91 Å². The van der Waals surface area contributed by atoms with Crippen molar-refractivity contribution in [1.29, 1.82) is 0 Å². The first-order valence-electron chi connectivity index (χ1n) is 12.2. The van der Waals surface area contributed by atoms with Crippen LogP contribution in [0.2, 0.25) is 0 Å². The highest BCUT2D eigenvalue weighted by atomic mass is 32.2. The number of hydrogen-bond acceptors (Lipinski definition) is 6. The van der Waals surface area contributed by atoms with Gasteiger partial charge >= 0.3 is 0 Å². The van der Waals surface area contributed by atoms with E-state index in [1.807, 2.05) is 99.2 Å². The van der Waals surface area contributed by atoms with E-state index in [2.05, 4.69) is 9.89 Å². The van der Waals surface area contributed by atoms with Crippen molar-refractivity contribution in [3.8, 4) is 22.7 Å². The molecule has 0 aliphatic carbocycles. The lowest BCUT2D eigenvalue weighted by Crippen LogP contribution is -2.47. The normalized spacial score (nSPS) is 21.4. The molecule has 0 saturated carbocycles. The molecule has 1 aromatic heterocycles. The van der Waals surface area contributed by atoms with Crippen LogP contribution >= 0.6 is 11.8 Å². The second-order valence-electron chi connectivity index (χ2n) is 9.38. The Bertz CT molecular complexity index is 1290. The maximum Gasteiger partial charge on any atom is 0.286 e. The van der Waals surface area contributed by atoms with Gasteiger partial charge in [-0.25, -0.2) is 4.68 Å². The van der Waals surface area contributed by atoms with Gasteiger partial charge in [-0.2, -0.15) is 10.1 Å². The number of carbonyl (C=O) groups excluding carboxylic acids is 1. The first kappa shape index (κ1) is 24.3. The van der Waals surface area contributed by atoms with Crippen molar-refractivity contribution in [2.75, 3.05) is 13.1 Å². The summed E-state index contributed by atoms with van der Waals surface area (Å²) < 4.78 is 13.5. The summed E-state index contributed by atoms with van der Waals surface area (Å²) in [5.41, 5.74) is 3.53. The van der Waals surface area contributed by atoms with Gasteiger partial charge in [0, 0.05) is 30.4 Å². The molecule has 2 aromatic carbocycles. The number of para-hydroxylation sites is 1. The predicted octanol–water partition coefficient (Wildman–Crippen LogP) is 5.41. The summed E-state index contributed by atoms with van der Waals surface area (Å²) >= 11 is 1.42. The highest BCUT2D eigenvalue weighted by Crippen LogP contribution is 2.34. The van der Waals surface area contributed by atoms with Crippen LogP contribution in [0, 0.1) is 0 Å². The molecule has 1 saturated heterocycles. The van der Waals surface area contributed by atoms with E-state index in [1.165, 1.54) is 11.8 Å². The molecule has 1 amide bonds. The average molecular weight is 503 g/mol. The van der Waals surface area contributed by atoms with Crippen LogP contribution in [0.5, 0.6) is 5.75 Å². The molecule has 1 fully saturated rings. The van der Waals surface area contributed by atoms with E-state index in [0.717, 1.165) is 46.5 Å². The van der Waals surface area contributed by atoms with Gasteiger partial charge in [0.05, 0.1) is 34.6 Å². The van der Waals surface area contributed by atoms with E-state index < -0.39 is 0 Å². The number of aromatic nitrogens is 2. The largest absolute Gasteiger partial charge is 0.491 e. The quantitative estimate of drug-likeness (QED) is 0.435. The maximum atomic E-state index is 12.9. The number of aliphatic imine (C=N–C) groups is 1. The van der Waals surface area contributed by atoms with Gasteiger partial charge in [-0.05, 0) is 81.9 Å². The lowest BCUT2D eigenvalue weighted by Gasteiger charge is -2.35. The maximum absolute atomic E-state index is 12.9. The molecule has 0 N–H and O–H groups in total. The van der Waals surface area contributed by atoms with Crippen molar-refractivity contribution >= 4 is 28.9 Å². The summed E-state index contributed by atoms with van der Waals surface area (Å²) in [4.78, 5) is 20.0. The van der Waals surface area contributed by atoms with Crippen molar-refractivity contribution in [2.45, 2.75) is 46.0 Å². The first-order valence-corrected chi connectivity index (χ1v) is 13.0. The Hall–Kier alpha value is -3.36. The van der Waals surface area contributed by atoms with E-state index in [-0.39, 0.29) is 24.2 Å². The Kier molecular flexibility index (Phi) is 6.98. The second-order valence-corrected chi connectivity index (χ2v) is 10.4. The predicted molar refractivity (Wildman–Crippen MR) is 144 cm³/mol. The fourth-order valence-electron chi connectivity index (χ4n) is 4.40. The number of ether oxygens (including phenoxy) is 2. The van der Waals surface area contributed by atoms with E-state index in [1.54, 1.807) is 0 Å². The Balaban J connectivity index is 1.47. The van der Waals surface area contributed by atoms with Crippen LogP contribution in [-0.4, -0.2) is 57.2 Å². The number of amidine groups is 1. The van der Waals surface area contributed by atoms with Crippen LogP contribution in [0.4, 0.5) is 0 Å². The Morgan fingerprint density at radius 1 is 1.06 bits per heavy atom. The minimum absolute atomic E-state index is 0.0959. The monoisotopic (exact) mass is 502 g/mol. The lowest BCUT2D eigenvalue weighted by atomic mass is 10.1. The molecule has 0 bridgehead atoms. The van der Waals surface area contributed by atoms with E-state index in [4.69, 9.17) is 14.6 Å². The first-order chi connectivity index (χ1) is 17.4. The third-order valence-electron chi connectivity index (χ3n) is 5.85. The average Bonchev–Trinajstić information content (AvgIpc) is 3.43. The van der Waals surface area contributed by atoms with E-state index in [0.29, 0.717) is 4.91 Å². The van der Waals surface area contributed by atoms with Crippen molar-refractivity contribution in [3.05, 3.63) is 71.3 Å². The summed E-state index contributed by atoms with van der Waals surface area (Å²) in [6, 6.07) is 17.8. The smallest absolute Gasteiger partial charge is 0.286 e. The molecular weight excluding hydrogens is 472 g/mol. The molecule has 0 spiro atoms. The summed E-state index contributed by atoms with van der Waals surface area (Å²) in [6.45, 7) is 9.54. The number of nitrogens with zero attached hydrogens (tertiary/aromatic N) is 4. The lowest BCUT2D eigenvalue weighted by molar-refractivity contribution is -0.113. The molecule has 7 nitrogen and oxygen atoms in total. The molecule has 3 heterocycles. The highest BCUT2D eigenvalue weighted by molar-refractivity contribution is 8.18. The van der Waals surface area contributed by atoms with Gasteiger partial charge in [-0.15, -0.1) is 0 Å². The topological polar surface area (TPSA) is 68.9 Å². The SMILES string of the molecule is CC(C)Oc1ccc(-c2nn(-c3ccccc3)cc2/C=C2/SC(N3C[C@H](C)O[C@@H](C)C3)=NC2=O)cc1. The molecule has 186 valence electrons. The zero-order valence-corrected chi connectivity index (χ0v) is 21.7. The molecule has 5 rings (SSSR count). The number of amides is 1. The van der Waals surface area contributed by atoms with Crippen molar-refractivity contribution in [2.24, 2.45) is 4.99 Å². The number of rotatable bonds is 5. The fraction of sp³-hybridized carbons (Fsp3) is 0.321. The molecule has 8 heteroatoms. The van der Waals surface area contributed by atoms with Crippen molar-refractivity contribution in [3.63, 3.8) is 0 Å². The number of benzene rings is 2. The molecule has 0 radical (unpaired) electrons. The van der Waals surface area contributed by atoms with Crippen molar-refractivity contribution < 1.29 is 14.3 Å². The minimum atomic E-state index is -0.221. The van der Waals surface area contributed by atoms with Crippen LogP contribution in [0.1, 0.15) is 33.3 Å². The molecule has 2 aliphatic heterocycles. The number of carbonyl (C=O) groups is 1. The van der Waals surface area contributed by atoms with Crippen LogP contribution in [-0.2, 0) is 9.53 Å². The Labute approximate surface area is 215 Å². The zero-order chi connectivity index (χ0) is 25.2. The summed E-state index contributed by atoms with van der Waals surface area (Å²) in [5, 5.41) is 5.62. The zero-order valence-electron chi connectivity index (χ0n) is 20.9. The van der Waals surface area contributed by atoms with Crippen LogP contribution in [0.25, 0.3) is 23.0 Å². The van der Waals surface area contributed by atoms with E-state index in [9.17, 15) is 4.79 Å². The van der Waals surface area contributed by atoms with Crippen molar-refractivity contribution in [1.82, 2.24) is 14.7 Å². The molecule has 3 aromatic rings. The molecule has 36 heavy (non-hydrogen) atoms. The number of morpholine rings is 1. The highest BCUT2D eigenvalue weighted by Gasteiger charge is 2.31. The molecular formula is C28H30N4O3S. The summed E-state index contributed by atoms with van der Waals surface area (Å²) in [6.07, 6.45) is 4.15.